The largest absolute Gasteiger partial charge is 0.418 e. The Morgan fingerprint density at radius 3 is 2.46 bits per heavy atom. The molecule has 0 saturated carbocycles. The molecule has 130 valence electrons. The molecule has 1 N–H and O–H groups in total. The molecule has 0 amide bonds. The summed E-state index contributed by atoms with van der Waals surface area (Å²) in [6.45, 7) is 5.23. The fourth-order valence-corrected chi connectivity index (χ4v) is 2.96. The van der Waals surface area contributed by atoms with Gasteiger partial charge in [-0.05, 0) is 12.1 Å². The van der Waals surface area contributed by atoms with E-state index in [1.165, 1.54) is 18.2 Å². The highest BCUT2D eigenvalue weighted by Gasteiger charge is 2.34. The van der Waals surface area contributed by atoms with E-state index in [1.807, 2.05) is 0 Å². The Hall–Kier alpha value is -2.03. The maximum atomic E-state index is 13.2. The van der Waals surface area contributed by atoms with Gasteiger partial charge in [0.2, 0.25) is 0 Å². The number of rotatable bonds is 4. The Morgan fingerprint density at radius 2 is 1.88 bits per heavy atom. The summed E-state index contributed by atoms with van der Waals surface area (Å²) < 4.78 is 40.3. The minimum Gasteiger partial charge on any atom is -0.298 e. The number of nitrogens with one attached hydrogen (secondary N) is 1. The van der Waals surface area contributed by atoms with Gasteiger partial charge in [-0.15, -0.1) is 5.10 Å². The van der Waals surface area contributed by atoms with Crippen LogP contribution in [0.15, 0.2) is 34.2 Å². The molecule has 1 heterocycles. The molecule has 5 nitrogen and oxygen atoms in total. The summed E-state index contributed by atoms with van der Waals surface area (Å²) in [6, 6.07) is 4.73. The van der Waals surface area contributed by atoms with Gasteiger partial charge in [-0.25, -0.2) is 14.5 Å². The van der Waals surface area contributed by atoms with Crippen LogP contribution in [0.2, 0.25) is 0 Å². The minimum absolute atomic E-state index is 0.00196. The third kappa shape index (κ3) is 3.89. The first-order valence-corrected chi connectivity index (χ1v) is 8.00. The smallest absolute Gasteiger partial charge is 0.298 e. The molecule has 0 spiro atoms. The maximum absolute atomic E-state index is 13.2. The zero-order chi connectivity index (χ0) is 18.1. The van der Waals surface area contributed by atoms with Gasteiger partial charge in [-0.3, -0.25) is 4.79 Å². The molecule has 0 aliphatic heterocycles. The highest BCUT2D eigenvalue weighted by atomic mass is 32.2. The molecule has 0 saturated heterocycles. The third-order valence-electron chi connectivity index (χ3n) is 3.26. The second-order valence-electron chi connectivity index (χ2n) is 6.12. The van der Waals surface area contributed by atoms with E-state index in [1.54, 1.807) is 20.8 Å². The highest BCUT2D eigenvalue weighted by molar-refractivity contribution is 7.99. The lowest BCUT2D eigenvalue weighted by atomic mass is 9.92. The van der Waals surface area contributed by atoms with E-state index in [0.29, 0.717) is 0 Å². The zero-order valence-electron chi connectivity index (χ0n) is 13.3. The molecule has 0 unspecified atom stereocenters. The summed E-state index contributed by atoms with van der Waals surface area (Å²) in [5.41, 5.74) is -2.65. The van der Waals surface area contributed by atoms with Crippen molar-refractivity contribution in [2.45, 2.75) is 32.1 Å². The average Bonchev–Trinajstić information content (AvgIpc) is 2.83. The lowest BCUT2D eigenvalue weighted by molar-refractivity contribution is -0.137. The Bertz CT molecular complexity index is 803. The highest BCUT2D eigenvalue weighted by Crippen LogP contribution is 2.34. The first kappa shape index (κ1) is 18.3. The number of halogens is 3. The zero-order valence-corrected chi connectivity index (χ0v) is 14.1. The van der Waals surface area contributed by atoms with E-state index in [-0.39, 0.29) is 22.4 Å². The monoisotopic (exact) mass is 359 g/mol. The van der Waals surface area contributed by atoms with Crippen LogP contribution in [-0.4, -0.2) is 26.3 Å². The second kappa shape index (κ2) is 6.46. The number of thioether (sulfide) groups is 1. The Labute approximate surface area is 140 Å². The van der Waals surface area contributed by atoms with Gasteiger partial charge >= 0.3 is 11.9 Å². The number of hydrogen-bond donors (Lipinski definition) is 1. The minimum atomic E-state index is -4.61. The van der Waals surface area contributed by atoms with E-state index in [9.17, 15) is 22.8 Å². The molecule has 0 aliphatic rings. The van der Waals surface area contributed by atoms with Crippen LogP contribution in [-0.2, 0) is 11.0 Å². The van der Waals surface area contributed by atoms with Gasteiger partial charge in [0, 0.05) is 5.41 Å². The van der Waals surface area contributed by atoms with Crippen molar-refractivity contribution in [1.82, 2.24) is 14.8 Å². The van der Waals surface area contributed by atoms with Crippen LogP contribution >= 0.6 is 11.8 Å². The van der Waals surface area contributed by atoms with Gasteiger partial charge in [0.1, 0.15) is 5.78 Å². The van der Waals surface area contributed by atoms with E-state index >= 15 is 0 Å². The summed E-state index contributed by atoms with van der Waals surface area (Å²) in [4.78, 5) is 23.9. The van der Waals surface area contributed by atoms with Crippen molar-refractivity contribution >= 4 is 17.5 Å². The molecule has 2 rings (SSSR count). The van der Waals surface area contributed by atoms with Crippen molar-refractivity contribution in [2.24, 2.45) is 5.41 Å². The number of nitrogens with zero attached hydrogens (tertiary/aromatic N) is 2. The lowest BCUT2D eigenvalue weighted by Crippen LogP contribution is -2.23. The first-order chi connectivity index (χ1) is 11.0. The number of alkyl halides is 3. The molecule has 1 aromatic heterocycles. The molecule has 0 atom stereocenters. The summed E-state index contributed by atoms with van der Waals surface area (Å²) in [5, 5.41) is 5.88. The number of H-pyrrole nitrogens is 1. The van der Waals surface area contributed by atoms with Crippen LogP contribution in [0.1, 0.15) is 26.3 Å². The van der Waals surface area contributed by atoms with Gasteiger partial charge in [-0.1, -0.05) is 44.7 Å². The molecule has 0 radical (unpaired) electrons. The Balaban J connectivity index is 2.43. The summed E-state index contributed by atoms with van der Waals surface area (Å²) in [6.07, 6.45) is -4.61. The van der Waals surface area contributed by atoms with Gasteiger partial charge in [0.05, 0.1) is 17.0 Å². The van der Waals surface area contributed by atoms with Crippen molar-refractivity contribution in [3.05, 3.63) is 40.3 Å². The van der Waals surface area contributed by atoms with Crippen LogP contribution < -0.4 is 5.69 Å². The van der Waals surface area contributed by atoms with Gasteiger partial charge in [-0.2, -0.15) is 13.2 Å². The van der Waals surface area contributed by atoms with Crippen molar-refractivity contribution in [2.75, 3.05) is 5.75 Å². The summed E-state index contributed by atoms with van der Waals surface area (Å²) in [7, 11) is 0. The van der Waals surface area contributed by atoms with Crippen molar-refractivity contribution in [3.8, 4) is 5.69 Å². The number of carbonyl (C=O) groups is 1. The van der Waals surface area contributed by atoms with E-state index < -0.39 is 22.8 Å². The van der Waals surface area contributed by atoms with Gasteiger partial charge in [0.15, 0.2) is 5.16 Å². The van der Waals surface area contributed by atoms with Crippen molar-refractivity contribution < 1.29 is 18.0 Å². The van der Waals surface area contributed by atoms with Crippen LogP contribution in [0.3, 0.4) is 0 Å². The fourth-order valence-electron chi connectivity index (χ4n) is 1.85. The standard InChI is InChI=1S/C15H16F3N3O2S/c1-14(2,3)11(22)8-24-13-20-19-12(23)21(13)10-7-5-4-6-9(10)15(16,17)18/h4-7H,8H2,1-3H3,(H,19,23). The van der Waals surface area contributed by atoms with Crippen molar-refractivity contribution in [1.29, 1.82) is 0 Å². The third-order valence-corrected chi connectivity index (χ3v) is 4.20. The Kier molecular flexibility index (Phi) is 4.93. The molecule has 1 aromatic carbocycles. The number of benzene rings is 1. The van der Waals surface area contributed by atoms with E-state index in [4.69, 9.17) is 0 Å². The fraction of sp³-hybridized carbons (Fsp3) is 0.400. The molecular formula is C15H16F3N3O2S. The first-order valence-electron chi connectivity index (χ1n) is 7.02. The number of ketones is 1. The van der Waals surface area contributed by atoms with Crippen molar-refractivity contribution in [3.63, 3.8) is 0 Å². The number of aromatic amines is 1. The van der Waals surface area contributed by atoms with Crippen LogP contribution in [0.5, 0.6) is 0 Å². The topological polar surface area (TPSA) is 67.8 Å². The van der Waals surface area contributed by atoms with Crippen LogP contribution in [0.25, 0.3) is 5.69 Å². The average molecular weight is 359 g/mol. The number of carbonyl (C=O) groups excluding carboxylic acids is 1. The molecule has 24 heavy (non-hydrogen) atoms. The van der Waals surface area contributed by atoms with E-state index in [2.05, 4.69) is 10.2 Å². The van der Waals surface area contributed by atoms with Crippen LogP contribution in [0, 0.1) is 5.41 Å². The number of hydrogen-bond acceptors (Lipinski definition) is 4. The number of para-hydroxylation sites is 1. The normalized spacial score (nSPS) is 12.4. The van der Waals surface area contributed by atoms with Gasteiger partial charge < -0.3 is 0 Å². The number of aromatic nitrogens is 3. The molecule has 0 fully saturated rings. The molecule has 2 aromatic rings. The van der Waals surface area contributed by atoms with Gasteiger partial charge in [0.25, 0.3) is 0 Å². The predicted molar refractivity (Wildman–Crippen MR) is 84.4 cm³/mol. The molecule has 0 aliphatic carbocycles. The van der Waals surface area contributed by atoms with Crippen LogP contribution in [0.4, 0.5) is 13.2 Å². The Morgan fingerprint density at radius 1 is 1.25 bits per heavy atom. The van der Waals surface area contributed by atoms with E-state index in [0.717, 1.165) is 22.4 Å². The quantitative estimate of drug-likeness (QED) is 0.851. The predicted octanol–water partition coefficient (Wildman–Crippen LogP) is 3.29. The summed E-state index contributed by atoms with van der Waals surface area (Å²) in [5.74, 6) is -0.0966. The maximum Gasteiger partial charge on any atom is 0.418 e. The molecular weight excluding hydrogens is 343 g/mol. The molecule has 9 heteroatoms. The SMILES string of the molecule is CC(C)(C)C(=O)CSc1n[nH]c(=O)n1-c1ccccc1C(F)(F)F. The summed E-state index contributed by atoms with van der Waals surface area (Å²) >= 11 is 0.921. The lowest BCUT2D eigenvalue weighted by Gasteiger charge is -2.16. The second-order valence-corrected chi connectivity index (χ2v) is 7.07. The number of Topliss-reactive ketones (excluding diaryl/α,β-unsaturated/α-hetero) is 1. The molecule has 0 bridgehead atoms.